The van der Waals surface area contributed by atoms with Crippen LogP contribution in [0.4, 0.5) is 11.4 Å². The molecule has 1 N–H and O–H groups in total. The van der Waals surface area contributed by atoms with Crippen LogP contribution in [0.2, 0.25) is 0 Å². The zero-order valence-corrected chi connectivity index (χ0v) is 26.7. The molecule has 9 heteroatoms. The third-order valence-corrected chi connectivity index (χ3v) is 9.74. The van der Waals surface area contributed by atoms with Crippen LogP contribution >= 0.6 is 0 Å². The lowest BCUT2D eigenvalue weighted by molar-refractivity contribution is -0.147. The first-order chi connectivity index (χ1) is 21.8. The quantitative estimate of drug-likeness (QED) is 0.323. The molecule has 240 valence electrons. The Morgan fingerprint density at radius 3 is 2.27 bits per heavy atom. The largest absolute Gasteiger partial charge is 0.394 e. The van der Waals surface area contributed by atoms with E-state index >= 15 is 0 Å². The summed E-state index contributed by atoms with van der Waals surface area (Å²) in [6.07, 6.45) is 3.92. The molecule has 9 nitrogen and oxygen atoms in total. The summed E-state index contributed by atoms with van der Waals surface area (Å²) < 4.78 is 6.67. The molecule has 3 amide bonds. The van der Waals surface area contributed by atoms with Crippen LogP contribution < -0.4 is 9.80 Å². The maximum Gasteiger partial charge on any atom is 0.253 e. The Morgan fingerprint density at radius 2 is 1.67 bits per heavy atom. The average Bonchev–Trinajstić information content (AvgIpc) is 3.71. The van der Waals surface area contributed by atoms with Gasteiger partial charge in [-0.25, -0.2) is 0 Å². The van der Waals surface area contributed by atoms with Crippen molar-refractivity contribution in [3.05, 3.63) is 85.5 Å². The summed E-state index contributed by atoms with van der Waals surface area (Å²) in [5, 5.41) is 10.3. The summed E-state index contributed by atoms with van der Waals surface area (Å²) >= 11 is 0. The van der Waals surface area contributed by atoms with Crippen LogP contribution in [0.15, 0.2) is 79.9 Å². The first-order valence-corrected chi connectivity index (χ1v) is 16.1. The fourth-order valence-electron chi connectivity index (χ4n) is 7.65. The normalized spacial score (nSPS) is 25.5. The van der Waals surface area contributed by atoms with Crippen LogP contribution in [0.25, 0.3) is 0 Å². The molecule has 2 bridgehead atoms. The molecule has 2 aromatic carbocycles. The minimum Gasteiger partial charge on any atom is -0.394 e. The number of fused-ring (bicyclic) bond motifs is 1. The molecule has 45 heavy (non-hydrogen) atoms. The van der Waals surface area contributed by atoms with E-state index in [9.17, 15) is 19.5 Å². The van der Waals surface area contributed by atoms with Gasteiger partial charge in [-0.15, -0.1) is 13.2 Å². The van der Waals surface area contributed by atoms with E-state index in [2.05, 4.69) is 31.9 Å². The zero-order chi connectivity index (χ0) is 32.3. The van der Waals surface area contributed by atoms with Crippen LogP contribution in [0.5, 0.6) is 0 Å². The molecule has 6 atom stereocenters. The predicted molar refractivity (Wildman–Crippen MR) is 176 cm³/mol. The van der Waals surface area contributed by atoms with Crippen molar-refractivity contribution >= 4 is 29.1 Å². The van der Waals surface area contributed by atoms with Gasteiger partial charge in [0.05, 0.1) is 30.6 Å². The number of anilines is 2. The standard InChI is InChI=1S/C36H46N4O5/c1-6-21-38(23-26-13-11-10-12-14-26)33(42)30-29-19-20-36(45-29)31(30)34(43)40(25(5)24-41)32(36)35(44)39(22-7-2)28-17-15-27(16-18-28)37(8-3)9-4/h6-7,10-18,25,29-32,41H,1-2,8-9,19-24H2,3-5H3/t25-,29+,30-,31+,32?,36?/m1/s1. The SMILES string of the molecule is C=CCN(Cc1ccccc1)C(=O)[C@@H]1[C@@H]2CCC3(O2)C(C(=O)N(CC=C)c2ccc(N(CC)CC)cc2)N([C@H](C)CO)C(=O)[C@H]13. The summed E-state index contributed by atoms with van der Waals surface area (Å²) in [5.41, 5.74) is 1.54. The Balaban J connectivity index is 1.51. The number of carbonyl (C=O) groups is 3. The molecule has 5 rings (SSSR count). The minimum atomic E-state index is -1.17. The van der Waals surface area contributed by atoms with Gasteiger partial charge in [-0.3, -0.25) is 14.4 Å². The van der Waals surface area contributed by atoms with Gasteiger partial charge in [0.2, 0.25) is 11.8 Å². The Morgan fingerprint density at radius 1 is 1.02 bits per heavy atom. The Kier molecular flexibility index (Phi) is 9.79. The van der Waals surface area contributed by atoms with Crippen LogP contribution in [-0.2, 0) is 25.7 Å². The molecule has 0 aromatic heterocycles. The number of carbonyl (C=O) groups excluding carboxylic acids is 3. The third-order valence-electron chi connectivity index (χ3n) is 9.74. The molecule has 0 saturated carbocycles. The number of likely N-dealkylation sites (tertiary alicyclic amines) is 1. The maximum absolute atomic E-state index is 14.7. The first kappa shape index (κ1) is 32.4. The Hall–Kier alpha value is -3.95. The maximum atomic E-state index is 14.7. The molecular formula is C36H46N4O5. The van der Waals surface area contributed by atoms with Crippen molar-refractivity contribution in [2.75, 3.05) is 42.6 Å². The van der Waals surface area contributed by atoms with Crippen LogP contribution in [-0.4, -0.2) is 89.2 Å². The highest BCUT2D eigenvalue weighted by molar-refractivity contribution is 6.05. The highest BCUT2D eigenvalue weighted by atomic mass is 16.5. The lowest BCUT2D eigenvalue weighted by Crippen LogP contribution is -2.58. The van der Waals surface area contributed by atoms with Gasteiger partial charge in [-0.05, 0) is 63.4 Å². The molecule has 3 aliphatic heterocycles. The topological polar surface area (TPSA) is 93.6 Å². The van der Waals surface area contributed by atoms with Crippen molar-refractivity contribution in [1.29, 1.82) is 0 Å². The van der Waals surface area contributed by atoms with Crippen LogP contribution in [0.3, 0.4) is 0 Å². The van der Waals surface area contributed by atoms with Gasteiger partial charge in [0, 0.05) is 44.1 Å². The summed E-state index contributed by atoms with van der Waals surface area (Å²) in [7, 11) is 0. The lowest BCUT2D eigenvalue weighted by Gasteiger charge is -2.38. The second-order valence-corrected chi connectivity index (χ2v) is 12.3. The van der Waals surface area contributed by atoms with Crippen molar-refractivity contribution in [1.82, 2.24) is 9.80 Å². The van der Waals surface area contributed by atoms with Gasteiger partial charge in [0.1, 0.15) is 11.6 Å². The van der Waals surface area contributed by atoms with E-state index in [4.69, 9.17) is 4.74 Å². The molecule has 0 aliphatic carbocycles. The second kappa shape index (κ2) is 13.6. The van der Waals surface area contributed by atoms with E-state index in [1.165, 1.54) is 4.90 Å². The minimum absolute atomic E-state index is 0.177. The molecule has 1 spiro atoms. The fraction of sp³-hybridized carbons (Fsp3) is 0.472. The van der Waals surface area contributed by atoms with Crippen molar-refractivity contribution in [3.8, 4) is 0 Å². The van der Waals surface area contributed by atoms with Crippen LogP contribution in [0.1, 0.15) is 39.2 Å². The van der Waals surface area contributed by atoms with Crippen LogP contribution in [0, 0.1) is 11.8 Å². The number of rotatable bonds is 14. The number of ether oxygens (including phenoxy) is 1. The molecule has 2 aromatic rings. The van der Waals surface area contributed by atoms with Crippen molar-refractivity contribution in [2.45, 2.75) is 63.9 Å². The van der Waals surface area contributed by atoms with Gasteiger partial charge in [0.15, 0.2) is 0 Å². The smallest absolute Gasteiger partial charge is 0.253 e. The summed E-state index contributed by atoms with van der Waals surface area (Å²) in [6, 6.07) is 15.9. The number of benzene rings is 2. The van der Waals surface area contributed by atoms with E-state index in [1.54, 1.807) is 28.9 Å². The predicted octanol–water partition coefficient (Wildman–Crippen LogP) is 4.02. The van der Waals surface area contributed by atoms with Gasteiger partial charge in [-0.1, -0.05) is 42.5 Å². The first-order valence-electron chi connectivity index (χ1n) is 16.1. The van der Waals surface area contributed by atoms with Gasteiger partial charge in [-0.2, -0.15) is 0 Å². The molecule has 3 heterocycles. The number of aliphatic hydroxyl groups is 1. The van der Waals surface area contributed by atoms with Crippen molar-refractivity contribution in [3.63, 3.8) is 0 Å². The number of hydrogen-bond acceptors (Lipinski definition) is 6. The Labute approximate surface area is 266 Å². The number of aliphatic hydroxyl groups excluding tert-OH is 1. The van der Waals surface area contributed by atoms with E-state index in [-0.39, 0.29) is 30.9 Å². The van der Waals surface area contributed by atoms with Gasteiger partial charge in [0.25, 0.3) is 5.91 Å². The van der Waals surface area contributed by atoms with E-state index in [0.29, 0.717) is 31.6 Å². The molecule has 0 radical (unpaired) electrons. The summed E-state index contributed by atoms with van der Waals surface area (Å²) in [4.78, 5) is 50.5. The molecule has 3 fully saturated rings. The average molecular weight is 615 g/mol. The highest BCUT2D eigenvalue weighted by Crippen LogP contribution is 2.59. The number of nitrogens with zero attached hydrogens (tertiary/aromatic N) is 4. The summed E-state index contributed by atoms with van der Waals surface area (Å²) in [5.74, 6) is -2.36. The van der Waals surface area contributed by atoms with E-state index in [0.717, 1.165) is 24.3 Å². The second-order valence-electron chi connectivity index (χ2n) is 12.3. The molecule has 2 unspecified atom stereocenters. The van der Waals surface area contributed by atoms with Crippen molar-refractivity contribution in [2.24, 2.45) is 11.8 Å². The number of hydrogen-bond donors (Lipinski definition) is 1. The lowest BCUT2D eigenvalue weighted by atomic mass is 9.70. The van der Waals surface area contributed by atoms with Gasteiger partial charge >= 0.3 is 0 Å². The third kappa shape index (κ3) is 5.68. The monoisotopic (exact) mass is 614 g/mol. The summed E-state index contributed by atoms with van der Waals surface area (Å²) in [6.45, 7) is 16.0. The molecule has 3 saturated heterocycles. The van der Waals surface area contributed by atoms with E-state index < -0.39 is 35.6 Å². The van der Waals surface area contributed by atoms with Gasteiger partial charge < -0.3 is 29.4 Å². The molecular weight excluding hydrogens is 568 g/mol. The highest BCUT2D eigenvalue weighted by Gasteiger charge is 2.75. The number of amides is 3. The molecule has 3 aliphatic rings. The fourth-order valence-corrected chi connectivity index (χ4v) is 7.65. The van der Waals surface area contributed by atoms with Crippen molar-refractivity contribution < 1.29 is 24.2 Å². The zero-order valence-electron chi connectivity index (χ0n) is 26.7. The Bertz CT molecular complexity index is 1390. The van der Waals surface area contributed by atoms with E-state index in [1.807, 2.05) is 54.6 Å².